The van der Waals surface area contributed by atoms with Crippen LogP contribution in [-0.4, -0.2) is 61.5 Å². The monoisotopic (exact) mass is 227 g/mol. The number of carbonyl (C=O) groups excluding carboxylic acids is 1. The average Bonchev–Trinajstić information content (AvgIpc) is 2.19. The maximum absolute atomic E-state index is 12.3. The van der Waals surface area contributed by atoms with E-state index in [9.17, 15) is 4.79 Å². The molecule has 1 heterocycles. The molecule has 0 aromatic rings. The third-order valence-corrected chi connectivity index (χ3v) is 3.06. The lowest BCUT2D eigenvalue weighted by atomic mass is 10.0. The minimum atomic E-state index is -0.410. The highest BCUT2D eigenvalue weighted by molar-refractivity contribution is 5.85. The SMILES string of the molecule is CN(C)CCN1CCCCNC(C)(C)C1=O. The second kappa shape index (κ2) is 5.64. The first-order valence-corrected chi connectivity index (χ1v) is 6.12. The van der Waals surface area contributed by atoms with Gasteiger partial charge in [0.25, 0.3) is 0 Å². The molecule has 0 aromatic heterocycles. The Morgan fingerprint density at radius 1 is 1.38 bits per heavy atom. The van der Waals surface area contributed by atoms with Gasteiger partial charge in [0.05, 0.1) is 5.54 Å². The van der Waals surface area contributed by atoms with Crippen molar-refractivity contribution in [3.63, 3.8) is 0 Å². The van der Waals surface area contributed by atoms with Crippen LogP contribution in [0.4, 0.5) is 0 Å². The number of nitrogens with one attached hydrogen (secondary N) is 1. The van der Waals surface area contributed by atoms with Crippen molar-refractivity contribution in [3.8, 4) is 0 Å². The Bertz CT molecular complexity index is 238. The van der Waals surface area contributed by atoms with Gasteiger partial charge in [-0.15, -0.1) is 0 Å². The summed E-state index contributed by atoms with van der Waals surface area (Å²) >= 11 is 0. The molecule has 0 radical (unpaired) electrons. The maximum Gasteiger partial charge on any atom is 0.242 e. The quantitative estimate of drug-likeness (QED) is 0.764. The largest absolute Gasteiger partial charge is 0.340 e. The second-order valence-corrected chi connectivity index (χ2v) is 5.35. The molecule has 4 nitrogen and oxygen atoms in total. The van der Waals surface area contributed by atoms with Gasteiger partial charge in [0.15, 0.2) is 0 Å². The van der Waals surface area contributed by atoms with Gasteiger partial charge in [0.2, 0.25) is 5.91 Å². The number of likely N-dealkylation sites (N-methyl/N-ethyl adjacent to an activating group) is 1. The van der Waals surface area contributed by atoms with Gasteiger partial charge in [-0.3, -0.25) is 4.79 Å². The third kappa shape index (κ3) is 3.76. The number of nitrogens with zero attached hydrogens (tertiary/aromatic N) is 2. The summed E-state index contributed by atoms with van der Waals surface area (Å²) in [5.74, 6) is 0.231. The molecule has 1 rings (SSSR count). The van der Waals surface area contributed by atoms with Crippen LogP contribution in [0.5, 0.6) is 0 Å². The molecule has 1 fully saturated rings. The Kier molecular flexibility index (Phi) is 4.74. The molecular formula is C12H25N3O. The van der Waals surface area contributed by atoms with Crippen molar-refractivity contribution in [2.24, 2.45) is 0 Å². The Morgan fingerprint density at radius 2 is 2.06 bits per heavy atom. The molecule has 0 unspecified atom stereocenters. The molecule has 4 heteroatoms. The van der Waals surface area contributed by atoms with Crippen LogP contribution in [0.2, 0.25) is 0 Å². The lowest BCUT2D eigenvalue weighted by molar-refractivity contribution is -0.138. The summed E-state index contributed by atoms with van der Waals surface area (Å²) in [6.07, 6.45) is 2.25. The minimum Gasteiger partial charge on any atom is -0.340 e. The zero-order valence-corrected chi connectivity index (χ0v) is 11.0. The van der Waals surface area contributed by atoms with Crippen LogP contribution in [0.1, 0.15) is 26.7 Å². The van der Waals surface area contributed by atoms with E-state index in [1.165, 1.54) is 0 Å². The predicted octanol–water partition coefficient (Wildman–Crippen LogP) is 0.539. The van der Waals surface area contributed by atoms with E-state index in [-0.39, 0.29) is 5.91 Å². The molecule has 0 aromatic carbocycles. The summed E-state index contributed by atoms with van der Waals surface area (Å²) in [5, 5.41) is 3.32. The molecule has 0 spiro atoms. The van der Waals surface area contributed by atoms with Gasteiger partial charge in [-0.05, 0) is 47.3 Å². The molecule has 94 valence electrons. The Balaban J connectivity index is 2.60. The summed E-state index contributed by atoms with van der Waals surface area (Å²) in [4.78, 5) is 16.4. The standard InChI is InChI=1S/C12H25N3O/c1-12(2)11(16)15(10-9-14(3)4)8-6-5-7-13-12/h13H,5-10H2,1-4H3. The molecule has 0 saturated carbocycles. The van der Waals surface area contributed by atoms with Crippen LogP contribution >= 0.6 is 0 Å². The van der Waals surface area contributed by atoms with Gasteiger partial charge in [0.1, 0.15) is 0 Å². The molecule has 1 aliphatic rings. The summed E-state index contributed by atoms with van der Waals surface area (Å²) < 4.78 is 0. The van der Waals surface area contributed by atoms with Crippen molar-refractivity contribution in [1.29, 1.82) is 0 Å². The van der Waals surface area contributed by atoms with Crippen molar-refractivity contribution < 1.29 is 4.79 Å². The molecule has 0 bridgehead atoms. The molecule has 1 saturated heterocycles. The van der Waals surface area contributed by atoms with E-state index in [0.29, 0.717) is 0 Å². The zero-order valence-electron chi connectivity index (χ0n) is 11.0. The van der Waals surface area contributed by atoms with Crippen LogP contribution in [0.3, 0.4) is 0 Å². The number of carbonyl (C=O) groups is 1. The Labute approximate surface area is 99.0 Å². The summed E-state index contributed by atoms with van der Waals surface area (Å²) in [6.45, 7) is 7.56. The lowest BCUT2D eigenvalue weighted by Gasteiger charge is -2.35. The third-order valence-electron chi connectivity index (χ3n) is 3.06. The summed E-state index contributed by atoms with van der Waals surface area (Å²) in [7, 11) is 4.08. The zero-order chi connectivity index (χ0) is 12.2. The highest BCUT2D eigenvalue weighted by atomic mass is 16.2. The van der Waals surface area contributed by atoms with Gasteiger partial charge in [-0.1, -0.05) is 0 Å². The van der Waals surface area contributed by atoms with Crippen molar-refractivity contribution >= 4 is 5.91 Å². The van der Waals surface area contributed by atoms with Gasteiger partial charge in [0, 0.05) is 19.6 Å². The summed E-state index contributed by atoms with van der Waals surface area (Å²) in [5.41, 5.74) is -0.410. The number of hydrogen-bond donors (Lipinski definition) is 1. The minimum absolute atomic E-state index is 0.231. The molecule has 1 aliphatic heterocycles. The van der Waals surface area contributed by atoms with Crippen LogP contribution in [0.25, 0.3) is 0 Å². The van der Waals surface area contributed by atoms with Crippen LogP contribution in [0, 0.1) is 0 Å². The first kappa shape index (κ1) is 13.5. The van der Waals surface area contributed by atoms with Crippen molar-refractivity contribution in [2.75, 3.05) is 40.3 Å². The van der Waals surface area contributed by atoms with Gasteiger partial charge in [-0.2, -0.15) is 0 Å². The van der Waals surface area contributed by atoms with E-state index in [0.717, 1.165) is 39.0 Å². The smallest absolute Gasteiger partial charge is 0.242 e. The Hall–Kier alpha value is -0.610. The van der Waals surface area contributed by atoms with Gasteiger partial charge < -0.3 is 15.1 Å². The van der Waals surface area contributed by atoms with E-state index >= 15 is 0 Å². The van der Waals surface area contributed by atoms with E-state index in [1.54, 1.807) is 0 Å². The number of amides is 1. The molecule has 16 heavy (non-hydrogen) atoms. The Morgan fingerprint density at radius 3 is 2.69 bits per heavy atom. The molecule has 0 atom stereocenters. The molecule has 0 aliphatic carbocycles. The lowest BCUT2D eigenvalue weighted by Crippen LogP contribution is -2.56. The van der Waals surface area contributed by atoms with E-state index in [1.807, 2.05) is 32.8 Å². The maximum atomic E-state index is 12.3. The van der Waals surface area contributed by atoms with Gasteiger partial charge >= 0.3 is 0 Å². The summed E-state index contributed by atoms with van der Waals surface area (Å²) in [6, 6.07) is 0. The van der Waals surface area contributed by atoms with Crippen molar-refractivity contribution in [1.82, 2.24) is 15.1 Å². The van der Waals surface area contributed by atoms with E-state index in [4.69, 9.17) is 0 Å². The molecule has 1 amide bonds. The first-order valence-electron chi connectivity index (χ1n) is 6.12. The molecular weight excluding hydrogens is 202 g/mol. The second-order valence-electron chi connectivity index (χ2n) is 5.35. The van der Waals surface area contributed by atoms with Crippen LogP contribution in [-0.2, 0) is 4.79 Å². The predicted molar refractivity (Wildman–Crippen MR) is 66.4 cm³/mol. The number of rotatable bonds is 3. The fourth-order valence-electron chi connectivity index (χ4n) is 1.94. The first-order chi connectivity index (χ1) is 7.43. The number of hydrogen-bond acceptors (Lipinski definition) is 3. The fraction of sp³-hybridized carbons (Fsp3) is 0.917. The highest BCUT2D eigenvalue weighted by Gasteiger charge is 2.32. The van der Waals surface area contributed by atoms with Gasteiger partial charge in [-0.25, -0.2) is 0 Å². The van der Waals surface area contributed by atoms with Crippen molar-refractivity contribution in [3.05, 3.63) is 0 Å². The van der Waals surface area contributed by atoms with E-state index in [2.05, 4.69) is 10.2 Å². The van der Waals surface area contributed by atoms with E-state index < -0.39 is 5.54 Å². The highest BCUT2D eigenvalue weighted by Crippen LogP contribution is 2.12. The van der Waals surface area contributed by atoms with Crippen LogP contribution in [0.15, 0.2) is 0 Å². The average molecular weight is 227 g/mol. The molecule has 1 N–H and O–H groups in total. The van der Waals surface area contributed by atoms with Crippen LogP contribution < -0.4 is 5.32 Å². The van der Waals surface area contributed by atoms with Crippen molar-refractivity contribution in [2.45, 2.75) is 32.2 Å². The topological polar surface area (TPSA) is 35.6 Å². The fourth-order valence-corrected chi connectivity index (χ4v) is 1.94. The normalized spacial score (nSPS) is 22.1.